The van der Waals surface area contributed by atoms with E-state index < -0.39 is 6.09 Å². The Labute approximate surface area is 143 Å². The molecule has 0 saturated carbocycles. The molecule has 0 bridgehead atoms. The van der Waals surface area contributed by atoms with Crippen LogP contribution in [0.5, 0.6) is 0 Å². The Balaban J connectivity index is 1.47. The Morgan fingerprint density at radius 1 is 1.16 bits per heavy atom. The standard InChI is InChI=1S/C17H21FN4O3/c18-11-1-2-15-14(9-11)19-16(23)22(15)12-3-6-20(7-4-12)13-5-8-21(10-13)17(24)25/h1-2,9,12-13H,3-8,10H2,(H,19,23)(H,24,25). The maximum Gasteiger partial charge on any atom is 0.407 e. The number of hydrogen-bond acceptors (Lipinski definition) is 3. The second kappa shape index (κ2) is 6.18. The lowest BCUT2D eigenvalue weighted by molar-refractivity contribution is 0.126. The van der Waals surface area contributed by atoms with Gasteiger partial charge in [-0.2, -0.15) is 0 Å². The lowest BCUT2D eigenvalue weighted by Crippen LogP contribution is -2.44. The molecule has 2 fully saturated rings. The second-order valence-corrected chi connectivity index (χ2v) is 6.90. The molecule has 1 aromatic heterocycles. The van der Waals surface area contributed by atoms with Crippen LogP contribution in [0.15, 0.2) is 23.0 Å². The number of aromatic nitrogens is 2. The monoisotopic (exact) mass is 348 g/mol. The summed E-state index contributed by atoms with van der Waals surface area (Å²) in [5, 5.41) is 9.09. The summed E-state index contributed by atoms with van der Waals surface area (Å²) < 4.78 is 15.1. The van der Waals surface area contributed by atoms with Crippen molar-refractivity contribution in [3.8, 4) is 0 Å². The van der Waals surface area contributed by atoms with E-state index in [-0.39, 0.29) is 23.6 Å². The predicted molar refractivity (Wildman–Crippen MR) is 90.4 cm³/mol. The number of H-pyrrole nitrogens is 1. The van der Waals surface area contributed by atoms with E-state index in [9.17, 15) is 14.0 Å². The van der Waals surface area contributed by atoms with Gasteiger partial charge in [0, 0.05) is 38.3 Å². The predicted octanol–water partition coefficient (Wildman–Crippen LogP) is 1.86. The number of fused-ring (bicyclic) bond motifs is 1. The fraction of sp³-hybridized carbons (Fsp3) is 0.529. The molecule has 2 aliphatic rings. The fourth-order valence-corrected chi connectivity index (χ4v) is 4.19. The summed E-state index contributed by atoms with van der Waals surface area (Å²) in [6.45, 7) is 2.83. The number of carboxylic acid groups (broad SMARTS) is 1. The summed E-state index contributed by atoms with van der Waals surface area (Å²) in [6, 6.07) is 4.73. The molecular formula is C17H21FN4O3. The van der Waals surface area contributed by atoms with Gasteiger partial charge >= 0.3 is 11.8 Å². The summed E-state index contributed by atoms with van der Waals surface area (Å²) in [5.74, 6) is -0.361. The number of likely N-dealkylation sites (tertiary alicyclic amines) is 2. The summed E-state index contributed by atoms with van der Waals surface area (Å²) in [5.41, 5.74) is 1.07. The van der Waals surface area contributed by atoms with Crippen LogP contribution in [-0.4, -0.2) is 62.8 Å². The Kier molecular flexibility index (Phi) is 3.99. The Morgan fingerprint density at radius 2 is 1.88 bits per heavy atom. The molecule has 2 aliphatic heterocycles. The maximum absolute atomic E-state index is 13.3. The first-order valence-electron chi connectivity index (χ1n) is 8.64. The second-order valence-electron chi connectivity index (χ2n) is 6.90. The van der Waals surface area contributed by atoms with Gasteiger partial charge in [0.2, 0.25) is 0 Å². The lowest BCUT2D eigenvalue weighted by atomic mass is 10.0. The first kappa shape index (κ1) is 16.1. The first-order valence-corrected chi connectivity index (χ1v) is 8.64. The van der Waals surface area contributed by atoms with Crippen LogP contribution in [-0.2, 0) is 0 Å². The topological polar surface area (TPSA) is 81.6 Å². The van der Waals surface area contributed by atoms with Gasteiger partial charge in [0.05, 0.1) is 11.0 Å². The van der Waals surface area contributed by atoms with Gasteiger partial charge in [-0.25, -0.2) is 14.0 Å². The minimum Gasteiger partial charge on any atom is -0.465 e. The SMILES string of the molecule is O=C(O)N1CCC(N2CCC(n3c(=O)[nH]c4cc(F)ccc43)CC2)C1. The van der Waals surface area contributed by atoms with Crippen LogP contribution < -0.4 is 5.69 Å². The van der Waals surface area contributed by atoms with E-state index in [2.05, 4.69) is 9.88 Å². The van der Waals surface area contributed by atoms with Crippen molar-refractivity contribution in [2.75, 3.05) is 26.2 Å². The van der Waals surface area contributed by atoms with Gasteiger partial charge in [-0.15, -0.1) is 0 Å². The van der Waals surface area contributed by atoms with Gasteiger partial charge < -0.3 is 15.0 Å². The van der Waals surface area contributed by atoms with Crippen LogP contribution in [0.1, 0.15) is 25.3 Å². The number of halogens is 1. The summed E-state index contributed by atoms with van der Waals surface area (Å²) >= 11 is 0. The molecule has 2 saturated heterocycles. The highest BCUT2D eigenvalue weighted by Crippen LogP contribution is 2.28. The fourth-order valence-electron chi connectivity index (χ4n) is 4.19. The van der Waals surface area contributed by atoms with E-state index in [1.807, 2.05) is 0 Å². The summed E-state index contributed by atoms with van der Waals surface area (Å²) in [4.78, 5) is 29.9. The number of imidazole rings is 1. The molecule has 4 rings (SSSR count). The van der Waals surface area contributed by atoms with Crippen molar-refractivity contribution in [3.63, 3.8) is 0 Å². The first-order chi connectivity index (χ1) is 12.0. The number of rotatable bonds is 2. The number of benzene rings is 1. The Bertz CT molecular complexity index is 853. The molecule has 0 radical (unpaired) electrons. The largest absolute Gasteiger partial charge is 0.465 e. The molecule has 1 unspecified atom stereocenters. The molecule has 134 valence electrons. The maximum atomic E-state index is 13.3. The average molecular weight is 348 g/mol. The van der Waals surface area contributed by atoms with Gasteiger partial charge in [0.25, 0.3) is 0 Å². The van der Waals surface area contributed by atoms with E-state index in [1.165, 1.54) is 17.0 Å². The van der Waals surface area contributed by atoms with Crippen molar-refractivity contribution < 1.29 is 14.3 Å². The number of carbonyl (C=O) groups is 1. The summed E-state index contributed by atoms with van der Waals surface area (Å²) in [7, 11) is 0. The molecule has 3 heterocycles. The number of nitrogens with zero attached hydrogens (tertiary/aromatic N) is 3. The molecule has 1 aromatic carbocycles. The molecule has 1 amide bonds. The Hall–Kier alpha value is -2.35. The molecule has 2 N–H and O–H groups in total. The third-order valence-corrected chi connectivity index (χ3v) is 5.49. The van der Waals surface area contributed by atoms with Crippen molar-refractivity contribution in [3.05, 3.63) is 34.5 Å². The van der Waals surface area contributed by atoms with Crippen molar-refractivity contribution in [1.82, 2.24) is 19.4 Å². The van der Waals surface area contributed by atoms with Crippen LogP contribution >= 0.6 is 0 Å². The third kappa shape index (κ3) is 2.90. The van der Waals surface area contributed by atoms with Crippen LogP contribution in [0.3, 0.4) is 0 Å². The van der Waals surface area contributed by atoms with Gasteiger partial charge in [0.15, 0.2) is 0 Å². The van der Waals surface area contributed by atoms with Crippen LogP contribution in [0, 0.1) is 5.82 Å². The summed E-state index contributed by atoms with van der Waals surface area (Å²) in [6.07, 6.45) is 1.67. The van der Waals surface area contributed by atoms with Crippen molar-refractivity contribution >= 4 is 17.1 Å². The molecule has 1 atom stereocenters. The zero-order valence-electron chi connectivity index (χ0n) is 13.8. The third-order valence-electron chi connectivity index (χ3n) is 5.49. The van der Waals surface area contributed by atoms with Crippen LogP contribution in [0.2, 0.25) is 0 Å². The molecule has 0 spiro atoms. The molecular weight excluding hydrogens is 327 g/mol. The number of aromatic amines is 1. The molecule has 0 aliphatic carbocycles. The van der Waals surface area contributed by atoms with Crippen LogP contribution in [0.4, 0.5) is 9.18 Å². The van der Waals surface area contributed by atoms with Gasteiger partial charge in [-0.05, 0) is 37.5 Å². The highest BCUT2D eigenvalue weighted by molar-refractivity contribution is 5.75. The smallest absolute Gasteiger partial charge is 0.407 e. The van der Waals surface area contributed by atoms with Crippen molar-refractivity contribution in [1.29, 1.82) is 0 Å². The minimum absolute atomic E-state index is 0.0833. The van der Waals surface area contributed by atoms with Gasteiger partial charge in [0.1, 0.15) is 5.82 Å². The van der Waals surface area contributed by atoms with Gasteiger partial charge in [-0.1, -0.05) is 0 Å². The number of piperidine rings is 1. The average Bonchev–Trinajstić information content (AvgIpc) is 3.19. The number of amides is 1. The normalized spacial score (nSPS) is 22.8. The molecule has 25 heavy (non-hydrogen) atoms. The van der Waals surface area contributed by atoms with E-state index >= 15 is 0 Å². The van der Waals surface area contributed by atoms with Gasteiger partial charge in [-0.3, -0.25) is 9.47 Å². The van der Waals surface area contributed by atoms with Crippen molar-refractivity contribution in [2.24, 2.45) is 0 Å². The van der Waals surface area contributed by atoms with Crippen molar-refractivity contribution in [2.45, 2.75) is 31.3 Å². The number of nitrogens with one attached hydrogen (secondary N) is 1. The van der Waals surface area contributed by atoms with Crippen LogP contribution in [0.25, 0.3) is 11.0 Å². The molecule has 7 nitrogen and oxygen atoms in total. The lowest BCUT2D eigenvalue weighted by Gasteiger charge is -2.36. The molecule has 2 aromatic rings. The Morgan fingerprint density at radius 3 is 2.56 bits per heavy atom. The number of hydrogen-bond donors (Lipinski definition) is 2. The highest BCUT2D eigenvalue weighted by Gasteiger charge is 2.33. The quantitative estimate of drug-likeness (QED) is 0.868. The van der Waals surface area contributed by atoms with E-state index in [4.69, 9.17) is 5.11 Å². The zero-order chi connectivity index (χ0) is 17.6. The zero-order valence-corrected chi connectivity index (χ0v) is 13.8. The van der Waals surface area contributed by atoms with E-state index in [0.717, 1.165) is 37.9 Å². The highest BCUT2D eigenvalue weighted by atomic mass is 19.1. The van der Waals surface area contributed by atoms with E-state index in [1.54, 1.807) is 10.6 Å². The minimum atomic E-state index is -0.852. The van der Waals surface area contributed by atoms with E-state index in [0.29, 0.717) is 18.6 Å². The molecule has 8 heteroatoms.